The maximum absolute atomic E-state index is 11.6. The van der Waals surface area contributed by atoms with E-state index < -0.39 is 20.4 Å². The quantitative estimate of drug-likeness (QED) is 0.743. The van der Waals surface area contributed by atoms with E-state index in [1.807, 2.05) is 6.92 Å². The zero-order chi connectivity index (χ0) is 11.6. The molecule has 0 aromatic heterocycles. The molecule has 0 fully saturated rings. The molecular formula is C9H21NO3S. The van der Waals surface area contributed by atoms with Crippen molar-refractivity contribution < 1.29 is 13.5 Å². The topological polar surface area (TPSA) is 66.4 Å². The van der Waals surface area contributed by atoms with Crippen molar-refractivity contribution >= 4 is 10.0 Å². The van der Waals surface area contributed by atoms with E-state index in [-0.39, 0.29) is 6.54 Å². The first-order valence-electron chi connectivity index (χ1n) is 4.73. The first kappa shape index (κ1) is 13.9. The Bertz CT molecular complexity index is 275. The summed E-state index contributed by atoms with van der Waals surface area (Å²) >= 11 is 0. The molecule has 0 saturated carbocycles. The molecule has 0 rings (SSSR count). The van der Waals surface area contributed by atoms with E-state index in [0.717, 1.165) is 0 Å². The van der Waals surface area contributed by atoms with Crippen LogP contribution in [0.2, 0.25) is 0 Å². The largest absolute Gasteiger partial charge is 0.389 e. The normalized spacial score (nSPS) is 17.9. The molecule has 0 heterocycles. The number of sulfonamides is 1. The van der Waals surface area contributed by atoms with E-state index in [2.05, 4.69) is 4.72 Å². The van der Waals surface area contributed by atoms with Crippen LogP contribution < -0.4 is 4.72 Å². The van der Waals surface area contributed by atoms with Gasteiger partial charge in [-0.3, -0.25) is 0 Å². The van der Waals surface area contributed by atoms with Crippen LogP contribution in [0.5, 0.6) is 0 Å². The lowest BCUT2D eigenvalue weighted by Gasteiger charge is -2.25. The first-order valence-corrected chi connectivity index (χ1v) is 6.22. The van der Waals surface area contributed by atoms with Gasteiger partial charge in [-0.05, 0) is 34.1 Å². The van der Waals surface area contributed by atoms with Gasteiger partial charge in [0.05, 0.1) is 10.3 Å². The van der Waals surface area contributed by atoms with Gasteiger partial charge in [-0.25, -0.2) is 13.1 Å². The maximum atomic E-state index is 11.6. The van der Waals surface area contributed by atoms with Gasteiger partial charge in [0.15, 0.2) is 0 Å². The van der Waals surface area contributed by atoms with Crippen molar-refractivity contribution in [3.8, 4) is 0 Å². The van der Waals surface area contributed by atoms with Crippen LogP contribution in [0, 0.1) is 0 Å². The van der Waals surface area contributed by atoms with Gasteiger partial charge in [-0.15, -0.1) is 0 Å². The predicted octanol–water partition coefficient (Wildman–Crippen LogP) is 0.865. The summed E-state index contributed by atoms with van der Waals surface area (Å²) in [7, 11) is -3.35. The minimum Gasteiger partial charge on any atom is -0.389 e. The maximum Gasteiger partial charge on any atom is 0.216 e. The summed E-state index contributed by atoms with van der Waals surface area (Å²) < 4.78 is 24.8. The summed E-state index contributed by atoms with van der Waals surface area (Å²) in [5, 5.41) is 9.63. The van der Waals surface area contributed by atoms with Crippen LogP contribution >= 0.6 is 0 Å². The van der Waals surface area contributed by atoms with Crippen LogP contribution in [0.4, 0.5) is 0 Å². The minimum atomic E-state index is -3.35. The molecule has 86 valence electrons. The van der Waals surface area contributed by atoms with E-state index in [0.29, 0.717) is 6.42 Å². The molecule has 4 nitrogen and oxygen atoms in total. The number of aliphatic hydroxyl groups is 1. The van der Waals surface area contributed by atoms with Crippen molar-refractivity contribution in [1.82, 2.24) is 4.72 Å². The van der Waals surface area contributed by atoms with Crippen molar-refractivity contribution in [3.05, 3.63) is 0 Å². The molecule has 0 radical (unpaired) electrons. The fourth-order valence-electron chi connectivity index (χ4n) is 0.592. The van der Waals surface area contributed by atoms with Crippen molar-refractivity contribution in [1.29, 1.82) is 0 Å². The van der Waals surface area contributed by atoms with Gasteiger partial charge in [0.25, 0.3) is 0 Å². The Morgan fingerprint density at radius 1 is 1.21 bits per heavy atom. The molecule has 0 aliphatic rings. The van der Waals surface area contributed by atoms with Crippen molar-refractivity contribution in [3.63, 3.8) is 0 Å². The summed E-state index contributed by atoms with van der Waals surface area (Å²) in [6.07, 6.45) is 0.514. The average molecular weight is 223 g/mol. The molecule has 0 spiro atoms. The second-order valence-electron chi connectivity index (χ2n) is 4.79. The highest BCUT2D eigenvalue weighted by Crippen LogP contribution is 2.14. The number of rotatable bonds is 4. The van der Waals surface area contributed by atoms with Gasteiger partial charge in [-0.1, -0.05) is 6.92 Å². The Hall–Kier alpha value is -0.130. The Balaban J connectivity index is 4.43. The van der Waals surface area contributed by atoms with Crippen LogP contribution in [0.1, 0.15) is 41.0 Å². The van der Waals surface area contributed by atoms with E-state index in [1.54, 1.807) is 27.7 Å². The van der Waals surface area contributed by atoms with Gasteiger partial charge >= 0.3 is 0 Å². The Kier molecular flexibility index (Phi) is 4.12. The van der Waals surface area contributed by atoms with Gasteiger partial charge in [0.2, 0.25) is 10.0 Å². The molecule has 0 amide bonds. The van der Waals surface area contributed by atoms with Crippen molar-refractivity contribution in [2.45, 2.75) is 51.4 Å². The summed E-state index contributed by atoms with van der Waals surface area (Å²) in [5.41, 5.74) is -0.974. The third-order valence-corrected chi connectivity index (χ3v) is 4.35. The van der Waals surface area contributed by atoms with Crippen molar-refractivity contribution in [2.75, 3.05) is 6.54 Å². The predicted molar refractivity (Wildman–Crippen MR) is 57.6 cm³/mol. The molecule has 5 heteroatoms. The molecule has 1 unspecified atom stereocenters. The summed E-state index contributed by atoms with van der Waals surface area (Å²) in [6.45, 7) is 8.34. The second kappa shape index (κ2) is 4.16. The van der Waals surface area contributed by atoms with Gasteiger partial charge in [-0.2, -0.15) is 0 Å². The fraction of sp³-hybridized carbons (Fsp3) is 1.00. The number of hydrogen-bond donors (Lipinski definition) is 2. The lowest BCUT2D eigenvalue weighted by atomic mass is 10.1. The molecule has 0 aliphatic carbocycles. The molecule has 0 bridgehead atoms. The second-order valence-corrected chi connectivity index (χ2v) is 7.31. The van der Waals surface area contributed by atoms with Crippen LogP contribution in [-0.2, 0) is 10.0 Å². The lowest BCUT2D eigenvalue weighted by Crippen LogP contribution is -2.46. The van der Waals surface area contributed by atoms with Gasteiger partial charge in [0.1, 0.15) is 0 Å². The standard InChI is InChI=1S/C9H21NO3S/c1-6-9(5,11)7-10-14(12,13)8(2,3)4/h10-11H,6-7H2,1-5H3. The SMILES string of the molecule is CCC(C)(O)CNS(=O)(=O)C(C)(C)C. The molecule has 0 aliphatic heterocycles. The number of nitrogens with one attached hydrogen (secondary N) is 1. The zero-order valence-electron chi connectivity index (χ0n) is 9.59. The van der Waals surface area contributed by atoms with E-state index in [1.165, 1.54) is 0 Å². The highest BCUT2D eigenvalue weighted by atomic mass is 32.2. The van der Waals surface area contributed by atoms with E-state index >= 15 is 0 Å². The Morgan fingerprint density at radius 2 is 1.64 bits per heavy atom. The van der Waals surface area contributed by atoms with Gasteiger partial charge < -0.3 is 5.11 Å². The summed E-state index contributed by atoms with van der Waals surface area (Å²) in [5.74, 6) is 0. The van der Waals surface area contributed by atoms with Crippen LogP contribution in [0.15, 0.2) is 0 Å². The van der Waals surface area contributed by atoms with Crippen molar-refractivity contribution in [2.24, 2.45) is 0 Å². The zero-order valence-corrected chi connectivity index (χ0v) is 10.4. The van der Waals surface area contributed by atoms with Crippen LogP contribution in [-0.4, -0.2) is 30.4 Å². The average Bonchev–Trinajstić information content (AvgIpc) is 1.99. The minimum absolute atomic E-state index is 0.0586. The third kappa shape index (κ3) is 3.94. The monoisotopic (exact) mass is 223 g/mol. The molecule has 0 aromatic rings. The van der Waals surface area contributed by atoms with E-state index in [9.17, 15) is 13.5 Å². The molecule has 1 atom stereocenters. The first-order chi connectivity index (χ1) is 6.02. The Labute approximate surface area is 86.8 Å². The number of hydrogen-bond acceptors (Lipinski definition) is 3. The summed E-state index contributed by atoms with van der Waals surface area (Å²) in [4.78, 5) is 0. The smallest absolute Gasteiger partial charge is 0.216 e. The molecule has 0 saturated heterocycles. The molecule has 14 heavy (non-hydrogen) atoms. The molecular weight excluding hydrogens is 202 g/mol. The van der Waals surface area contributed by atoms with Gasteiger partial charge in [0, 0.05) is 6.54 Å². The molecule has 2 N–H and O–H groups in total. The van der Waals surface area contributed by atoms with E-state index in [4.69, 9.17) is 0 Å². The molecule has 0 aromatic carbocycles. The highest BCUT2D eigenvalue weighted by Gasteiger charge is 2.30. The lowest BCUT2D eigenvalue weighted by molar-refractivity contribution is 0.0612. The Morgan fingerprint density at radius 3 is 1.93 bits per heavy atom. The fourth-order valence-corrected chi connectivity index (χ4v) is 1.53. The third-order valence-electron chi connectivity index (χ3n) is 2.21. The van der Waals surface area contributed by atoms with Crippen LogP contribution in [0.3, 0.4) is 0 Å². The highest BCUT2D eigenvalue weighted by molar-refractivity contribution is 7.90. The van der Waals surface area contributed by atoms with Crippen LogP contribution in [0.25, 0.3) is 0 Å². The summed E-state index contributed by atoms with van der Waals surface area (Å²) in [6, 6.07) is 0.